The van der Waals surface area contributed by atoms with Gasteiger partial charge < -0.3 is 5.73 Å². The molecule has 24 heavy (non-hydrogen) atoms. The SMILES string of the molecule is CCCCN(C(=O)C(F)(F)F)N(CC[C@@H](C)N)Cc1ccccc1. The molecule has 0 fully saturated rings. The van der Waals surface area contributed by atoms with Crippen LogP contribution in [0.4, 0.5) is 13.2 Å². The maximum absolute atomic E-state index is 13.0. The van der Waals surface area contributed by atoms with Crippen molar-refractivity contribution in [3.8, 4) is 0 Å². The highest BCUT2D eigenvalue weighted by Gasteiger charge is 2.44. The first kappa shape index (κ1) is 20.4. The number of hydrazine groups is 1. The molecule has 1 aromatic rings. The molecule has 2 N–H and O–H groups in total. The van der Waals surface area contributed by atoms with Crippen LogP contribution < -0.4 is 5.73 Å². The molecule has 136 valence electrons. The minimum Gasteiger partial charge on any atom is -0.328 e. The number of nitrogens with two attached hydrogens (primary N) is 1. The van der Waals surface area contributed by atoms with Crippen LogP contribution in [0.15, 0.2) is 30.3 Å². The lowest BCUT2D eigenvalue weighted by molar-refractivity contribution is -0.203. The minimum absolute atomic E-state index is 0.0423. The Kier molecular flexibility index (Phi) is 8.21. The number of carbonyl (C=O) groups is 1. The highest BCUT2D eigenvalue weighted by atomic mass is 19.4. The Hall–Kier alpha value is -1.60. The molecule has 1 amide bonds. The number of hydrogen-bond acceptors (Lipinski definition) is 3. The Bertz CT molecular complexity index is 492. The fraction of sp³-hybridized carbons (Fsp3) is 0.588. The first-order valence-electron chi connectivity index (χ1n) is 8.18. The fourth-order valence-corrected chi connectivity index (χ4v) is 2.26. The molecule has 1 aromatic carbocycles. The zero-order valence-electron chi connectivity index (χ0n) is 14.2. The third-order valence-electron chi connectivity index (χ3n) is 3.59. The molecule has 1 atom stereocenters. The summed E-state index contributed by atoms with van der Waals surface area (Å²) < 4.78 is 38.9. The second-order valence-electron chi connectivity index (χ2n) is 5.92. The number of halogens is 3. The van der Waals surface area contributed by atoms with Crippen molar-refractivity contribution in [3.63, 3.8) is 0 Å². The lowest BCUT2D eigenvalue weighted by atomic mass is 10.2. The molecule has 1 rings (SSSR count). The average molecular weight is 345 g/mol. The Morgan fingerprint density at radius 1 is 1.21 bits per heavy atom. The van der Waals surface area contributed by atoms with Crippen LogP contribution in [0, 0.1) is 0 Å². The van der Waals surface area contributed by atoms with Crippen molar-refractivity contribution in [2.75, 3.05) is 13.1 Å². The number of amides is 1. The minimum atomic E-state index is -4.89. The van der Waals surface area contributed by atoms with Gasteiger partial charge in [0.05, 0.1) is 0 Å². The number of alkyl halides is 3. The van der Waals surface area contributed by atoms with Crippen molar-refractivity contribution in [2.24, 2.45) is 5.73 Å². The van der Waals surface area contributed by atoms with Gasteiger partial charge in [-0.2, -0.15) is 13.2 Å². The summed E-state index contributed by atoms with van der Waals surface area (Å²) in [6, 6.07) is 8.98. The second kappa shape index (κ2) is 9.64. The summed E-state index contributed by atoms with van der Waals surface area (Å²) in [6.07, 6.45) is -3.18. The van der Waals surface area contributed by atoms with Crippen molar-refractivity contribution in [1.82, 2.24) is 10.0 Å². The predicted octanol–water partition coefficient (Wildman–Crippen LogP) is 3.33. The maximum atomic E-state index is 13.0. The largest absolute Gasteiger partial charge is 0.472 e. The maximum Gasteiger partial charge on any atom is 0.472 e. The van der Waals surface area contributed by atoms with E-state index in [-0.39, 0.29) is 25.7 Å². The van der Waals surface area contributed by atoms with Gasteiger partial charge in [-0.15, -0.1) is 0 Å². The fourth-order valence-electron chi connectivity index (χ4n) is 2.26. The number of carbonyl (C=O) groups excluding carboxylic acids is 1. The van der Waals surface area contributed by atoms with Gasteiger partial charge in [0, 0.05) is 25.7 Å². The van der Waals surface area contributed by atoms with Crippen LogP contribution in [0.25, 0.3) is 0 Å². The number of benzene rings is 1. The molecule has 0 radical (unpaired) electrons. The van der Waals surface area contributed by atoms with Gasteiger partial charge in [0.1, 0.15) is 0 Å². The number of nitrogens with zero attached hydrogens (tertiary/aromatic N) is 2. The quantitative estimate of drug-likeness (QED) is 0.699. The van der Waals surface area contributed by atoms with Crippen LogP contribution in [0.5, 0.6) is 0 Å². The van der Waals surface area contributed by atoms with E-state index in [0.717, 1.165) is 10.6 Å². The van der Waals surface area contributed by atoms with Crippen molar-refractivity contribution >= 4 is 5.91 Å². The molecule has 0 bridgehead atoms. The number of unbranched alkanes of at least 4 members (excludes halogenated alkanes) is 1. The van der Waals surface area contributed by atoms with Crippen LogP contribution in [0.3, 0.4) is 0 Å². The van der Waals surface area contributed by atoms with E-state index < -0.39 is 12.1 Å². The van der Waals surface area contributed by atoms with Crippen LogP contribution in [0.2, 0.25) is 0 Å². The summed E-state index contributed by atoms with van der Waals surface area (Å²) in [7, 11) is 0. The Balaban J connectivity index is 3.01. The molecule has 0 aromatic heterocycles. The molecule has 0 unspecified atom stereocenters. The first-order valence-corrected chi connectivity index (χ1v) is 8.18. The first-order chi connectivity index (χ1) is 11.3. The highest BCUT2D eigenvalue weighted by molar-refractivity contribution is 5.81. The van der Waals surface area contributed by atoms with Crippen molar-refractivity contribution < 1.29 is 18.0 Å². The Labute approximate surface area is 141 Å². The lowest BCUT2D eigenvalue weighted by Gasteiger charge is -2.36. The molecule has 0 aliphatic rings. The van der Waals surface area contributed by atoms with Gasteiger partial charge in [-0.05, 0) is 25.3 Å². The molecular formula is C17H26F3N3O. The van der Waals surface area contributed by atoms with Gasteiger partial charge in [0.15, 0.2) is 0 Å². The molecule has 0 saturated heterocycles. The van der Waals surface area contributed by atoms with Gasteiger partial charge in [0.25, 0.3) is 0 Å². The summed E-state index contributed by atoms with van der Waals surface area (Å²) >= 11 is 0. The molecule has 0 heterocycles. The van der Waals surface area contributed by atoms with Gasteiger partial charge in [-0.25, -0.2) is 5.01 Å². The summed E-state index contributed by atoms with van der Waals surface area (Å²) in [6.45, 7) is 4.24. The van der Waals surface area contributed by atoms with Crippen LogP contribution in [-0.2, 0) is 11.3 Å². The van der Waals surface area contributed by atoms with E-state index in [2.05, 4.69) is 0 Å². The summed E-state index contributed by atoms with van der Waals surface area (Å²) in [5.74, 6) is -1.82. The standard InChI is InChI=1S/C17H26F3N3O/c1-3-4-11-23(16(24)17(18,19)20)22(12-10-14(2)21)13-15-8-6-5-7-9-15/h5-9,14H,3-4,10-13,21H2,1-2H3/t14-/m1/s1. The second-order valence-corrected chi connectivity index (χ2v) is 5.92. The zero-order valence-corrected chi connectivity index (χ0v) is 14.2. The summed E-state index contributed by atoms with van der Waals surface area (Å²) in [4.78, 5) is 11.9. The van der Waals surface area contributed by atoms with E-state index in [1.165, 1.54) is 5.01 Å². The Morgan fingerprint density at radius 3 is 2.33 bits per heavy atom. The van der Waals surface area contributed by atoms with Gasteiger partial charge in [-0.1, -0.05) is 43.7 Å². The molecular weight excluding hydrogens is 319 g/mol. The van der Waals surface area contributed by atoms with E-state index in [9.17, 15) is 18.0 Å². The normalized spacial score (nSPS) is 13.1. The molecule has 7 heteroatoms. The predicted molar refractivity (Wildman–Crippen MR) is 87.8 cm³/mol. The topological polar surface area (TPSA) is 49.6 Å². The van der Waals surface area contributed by atoms with Crippen molar-refractivity contribution in [1.29, 1.82) is 0 Å². The van der Waals surface area contributed by atoms with Crippen molar-refractivity contribution in [2.45, 2.75) is 51.9 Å². The van der Waals surface area contributed by atoms with Gasteiger partial charge in [-0.3, -0.25) is 9.80 Å². The number of rotatable bonds is 9. The van der Waals surface area contributed by atoms with Crippen molar-refractivity contribution in [3.05, 3.63) is 35.9 Å². The Morgan fingerprint density at radius 2 is 1.83 bits per heavy atom. The summed E-state index contributed by atoms with van der Waals surface area (Å²) in [5, 5.41) is 2.29. The van der Waals surface area contributed by atoms with E-state index in [1.54, 1.807) is 6.92 Å². The monoisotopic (exact) mass is 345 g/mol. The van der Waals surface area contributed by atoms with Crippen LogP contribution >= 0.6 is 0 Å². The molecule has 0 aliphatic heterocycles. The van der Waals surface area contributed by atoms with E-state index in [4.69, 9.17) is 5.73 Å². The third kappa shape index (κ3) is 6.88. The molecule has 0 spiro atoms. The van der Waals surface area contributed by atoms with Gasteiger partial charge >= 0.3 is 12.1 Å². The number of hydrogen-bond donors (Lipinski definition) is 1. The molecule has 4 nitrogen and oxygen atoms in total. The smallest absolute Gasteiger partial charge is 0.328 e. The van der Waals surface area contributed by atoms with E-state index in [1.807, 2.05) is 37.3 Å². The van der Waals surface area contributed by atoms with Gasteiger partial charge in [0.2, 0.25) is 0 Å². The van der Waals surface area contributed by atoms with Crippen LogP contribution in [-0.4, -0.2) is 41.2 Å². The van der Waals surface area contributed by atoms with Crippen LogP contribution in [0.1, 0.15) is 38.7 Å². The average Bonchev–Trinajstić information content (AvgIpc) is 2.52. The zero-order chi connectivity index (χ0) is 18.2. The highest BCUT2D eigenvalue weighted by Crippen LogP contribution is 2.21. The molecule has 0 saturated carbocycles. The van der Waals surface area contributed by atoms with E-state index in [0.29, 0.717) is 19.3 Å². The lowest BCUT2D eigenvalue weighted by Crippen LogP contribution is -2.52. The third-order valence-corrected chi connectivity index (χ3v) is 3.59. The molecule has 0 aliphatic carbocycles. The summed E-state index contributed by atoms with van der Waals surface area (Å²) in [5.41, 5.74) is 6.59. The van der Waals surface area contributed by atoms with E-state index >= 15 is 0 Å².